The molecule has 6 nitrogen and oxygen atoms in total. The van der Waals surface area contributed by atoms with Crippen molar-refractivity contribution in [1.29, 1.82) is 0 Å². The van der Waals surface area contributed by atoms with Crippen molar-refractivity contribution in [2.75, 3.05) is 14.2 Å². The fraction of sp³-hybridized carbons (Fsp3) is 0.450. The Morgan fingerprint density at radius 3 is 2.15 bits per heavy atom. The highest BCUT2D eigenvalue weighted by Crippen LogP contribution is 2.65. The highest BCUT2D eigenvalue weighted by Gasteiger charge is 2.67. The lowest BCUT2D eigenvalue weighted by Gasteiger charge is -2.37. The lowest BCUT2D eigenvalue weighted by molar-refractivity contribution is -0.136. The van der Waals surface area contributed by atoms with E-state index in [0.717, 1.165) is 11.3 Å². The van der Waals surface area contributed by atoms with Crippen LogP contribution in [-0.4, -0.2) is 36.8 Å². The Hall–Kier alpha value is -2.63. The fourth-order valence-corrected chi connectivity index (χ4v) is 5.25. The van der Waals surface area contributed by atoms with Gasteiger partial charge in [-0.2, -0.15) is 0 Å². The zero-order valence-corrected chi connectivity index (χ0v) is 14.5. The van der Waals surface area contributed by atoms with Crippen LogP contribution in [0.4, 0.5) is 0 Å². The molecule has 6 atom stereocenters. The molecule has 2 saturated carbocycles. The summed E-state index contributed by atoms with van der Waals surface area (Å²) in [5.74, 6) is -0.0422. The third-order valence-corrected chi connectivity index (χ3v) is 6.50. The number of methoxy groups -OCH3 is 2. The molecule has 0 radical (unpaired) electrons. The van der Waals surface area contributed by atoms with Gasteiger partial charge in [-0.15, -0.1) is 0 Å². The van der Waals surface area contributed by atoms with Crippen LogP contribution in [0.2, 0.25) is 0 Å². The molecule has 3 fully saturated rings. The zero-order valence-electron chi connectivity index (χ0n) is 14.5. The molecule has 1 saturated heterocycles. The van der Waals surface area contributed by atoms with Crippen molar-refractivity contribution in [2.24, 2.45) is 35.5 Å². The Morgan fingerprint density at radius 1 is 1.00 bits per heavy atom. The monoisotopic (exact) mass is 353 g/mol. The van der Waals surface area contributed by atoms with Gasteiger partial charge in [0, 0.05) is 6.07 Å². The van der Waals surface area contributed by atoms with Gasteiger partial charge in [0.05, 0.1) is 31.6 Å². The number of allylic oxidation sites excluding steroid dienone is 2. The average molecular weight is 353 g/mol. The minimum atomic E-state index is -0.609. The molecule has 6 heteroatoms. The smallest absolute Gasteiger partial charge is 0.271 e. The van der Waals surface area contributed by atoms with Gasteiger partial charge in [0.1, 0.15) is 11.5 Å². The summed E-state index contributed by atoms with van der Waals surface area (Å²) in [6.45, 7) is 0. The van der Waals surface area contributed by atoms with Crippen LogP contribution in [0.15, 0.2) is 30.4 Å². The van der Waals surface area contributed by atoms with E-state index in [0.29, 0.717) is 17.6 Å². The molecule has 134 valence electrons. The number of imide groups is 3. The normalized spacial score (nSPS) is 36.0. The van der Waals surface area contributed by atoms with E-state index < -0.39 is 5.91 Å². The summed E-state index contributed by atoms with van der Waals surface area (Å²) < 4.78 is 10.4. The molecule has 5 aliphatic rings. The minimum absolute atomic E-state index is 0.0991. The van der Waals surface area contributed by atoms with Crippen molar-refractivity contribution < 1.29 is 23.9 Å². The number of ether oxygens (including phenoxy) is 2. The second-order valence-corrected chi connectivity index (χ2v) is 7.54. The Balaban J connectivity index is 1.51. The zero-order chi connectivity index (χ0) is 18.2. The maximum absolute atomic E-state index is 13.1. The van der Waals surface area contributed by atoms with Crippen molar-refractivity contribution in [3.63, 3.8) is 0 Å². The molecule has 1 aromatic carbocycles. The fourth-order valence-electron chi connectivity index (χ4n) is 5.25. The van der Waals surface area contributed by atoms with Crippen LogP contribution in [0.3, 0.4) is 0 Å². The van der Waals surface area contributed by atoms with E-state index in [1.165, 1.54) is 20.3 Å². The number of amides is 3. The first-order valence-corrected chi connectivity index (χ1v) is 8.89. The summed E-state index contributed by atoms with van der Waals surface area (Å²) in [4.78, 5) is 40.0. The summed E-state index contributed by atoms with van der Waals surface area (Å²) in [5, 5.41) is 0. The Bertz CT molecular complexity index is 839. The number of likely N-dealkylation sites (tertiary alicyclic amines) is 1. The number of hydrogen-bond donors (Lipinski definition) is 0. The number of hydrogen-bond acceptors (Lipinski definition) is 5. The molecule has 6 rings (SSSR count). The molecular formula is C20H19NO5. The molecule has 0 spiro atoms. The number of benzene rings is 1. The molecule has 2 bridgehead atoms. The van der Waals surface area contributed by atoms with Crippen molar-refractivity contribution in [1.82, 2.24) is 4.90 Å². The third kappa shape index (κ3) is 1.84. The van der Waals surface area contributed by atoms with E-state index in [-0.39, 0.29) is 46.8 Å². The maximum Gasteiger partial charge on any atom is 0.271 e. The van der Waals surface area contributed by atoms with Gasteiger partial charge in [-0.1, -0.05) is 12.2 Å². The molecule has 0 unspecified atom stereocenters. The molecule has 1 heterocycles. The van der Waals surface area contributed by atoms with Gasteiger partial charge in [0.15, 0.2) is 0 Å². The highest BCUT2D eigenvalue weighted by atomic mass is 16.5. The molecule has 26 heavy (non-hydrogen) atoms. The SMILES string of the molecule is COc1ccc(C(=O)N2C(=O)[C@@H]3[C@H]4C=C[C@@H]([C@@H]5C[C@@H]45)[C@@H]3C2=O)c(OC)c1. The lowest BCUT2D eigenvalue weighted by atomic mass is 9.63. The van der Waals surface area contributed by atoms with Crippen LogP contribution in [0.1, 0.15) is 16.8 Å². The molecule has 0 aromatic heterocycles. The highest BCUT2D eigenvalue weighted by molar-refractivity contribution is 6.22. The Kier molecular flexibility index (Phi) is 3.12. The lowest BCUT2D eigenvalue weighted by Crippen LogP contribution is -2.40. The second-order valence-electron chi connectivity index (χ2n) is 7.54. The predicted octanol–water partition coefficient (Wildman–Crippen LogP) is 1.90. The Morgan fingerprint density at radius 2 is 1.62 bits per heavy atom. The molecular weight excluding hydrogens is 334 g/mol. The number of carbonyl (C=O) groups excluding carboxylic acids is 3. The van der Waals surface area contributed by atoms with Crippen molar-refractivity contribution in [2.45, 2.75) is 6.42 Å². The van der Waals surface area contributed by atoms with Gasteiger partial charge in [-0.3, -0.25) is 14.4 Å². The standard InChI is InChI=1S/C20H19NO5/c1-25-9-3-4-12(15(7-9)26-2)18(22)21-19(23)16-10-5-6-11(14-8-13(10)14)17(16)20(21)24/h3-7,10-11,13-14,16-17H,8H2,1-2H3/t10-,11-,13-,14-,16-,17+/m0/s1. The van der Waals surface area contributed by atoms with Crippen LogP contribution in [0.25, 0.3) is 0 Å². The van der Waals surface area contributed by atoms with Gasteiger partial charge >= 0.3 is 0 Å². The number of nitrogens with zero attached hydrogens (tertiary/aromatic N) is 1. The quantitative estimate of drug-likeness (QED) is 0.613. The average Bonchev–Trinajstić information content (AvgIpc) is 3.44. The molecule has 1 aromatic rings. The third-order valence-electron chi connectivity index (χ3n) is 6.50. The van der Waals surface area contributed by atoms with E-state index >= 15 is 0 Å². The van der Waals surface area contributed by atoms with Gasteiger partial charge in [0.2, 0.25) is 11.8 Å². The molecule has 4 aliphatic carbocycles. The van der Waals surface area contributed by atoms with Crippen LogP contribution in [0.5, 0.6) is 11.5 Å². The van der Waals surface area contributed by atoms with Crippen molar-refractivity contribution in [3.05, 3.63) is 35.9 Å². The van der Waals surface area contributed by atoms with Crippen LogP contribution in [0, 0.1) is 35.5 Å². The summed E-state index contributed by atoms with van der Waals surface area (Å²) in [6, 6.07) is 4.73. The van der Waals surface area contributed by atoms with Gasteiger partial charge in [-0.25, -0.2) is 4.90 Å². The summed E-state index contributed by atoms with van der Waals surface area (Å²) >= 11 is 0. The van der Waals surface area contributed by atoms with Crippen LogP contribution < -0.4 is 9.47 Å². The van der Waals surface area contributed by atoms with Crippen LogP contribution in [-0.2, 0) is 9.59 Å². The Labute approximate surface area is 150 Å². The summed E-state index contributed by atoms with van der Waals surface area (Å²) in [5.41, 5.74) is 0.194. The van der Waals surface area contributed by atoms with E-state index in [1.54, 1.807) is 12.1 Å². The minimum Gasteiger partial charge on any atom is -0.497 e. The van der Waals surface area contributed by atoms with Gasteiger partial charge in [0.25, 0.3) is 5.91 Å². The van der Waals surface area contributed by atoms with E-state index in [1.807, 2.05) is 0 Å². The molecule has 3 amide bonds. The van der Waals surface area contributed by atoms with Crippen molar-refractivity contribution in [3.8, 4) is 11.5 Å². The van der Waals surface area contributed by atoms with E-state index in [4.69, 9.17) is 9.47 Å². The number of carbonyl (C=O) groups is 3. The topological polar surface area (TPSA) is 72.9 Å². The predicted molar refractivity (Wildman–Crippen MR) is 90.4 cm³/mol. The van der Waals surface area contributed by atoms with Crippen molar-refractivity contribution >= 4 is 17.7 Å². The summed E-state index contributed by atoms with van der Waals surface area (Å²) in [7, 11) is 2.96. The second kappa shape index (κ2) is 5.19. The first-order valence-electron chi connectivity index (χ1n) is 8.89. The van der Waals surface area contributed by atoms with Gasteiger partial charge < -0.3 is 9.47 Å². The maximum atomic E-state index is 13.1. The largest absolute Gasteiger partial charge is 0.497 e. The van der Waals surface area contributed by atoms with E-state index in [2.05, 4.69) is 12.2 Å². The number of rotatable bonds is 3. The van der Waals surface area contributed by atoms with Crippen LogP contribution >= 0.6 is 0 Å². The van der Waals surface area contributed by atoms with E-state index in [9.17, 15) is 14.4 Å². The van der Waals surface area contributed by atoms with Gasteiger partial charge in [-0.05, 0) is 42.2 Å². The molecule has 1 aliphatic heterocycles. The molecule has 0 N–H and O–H groups in total. The first kappa shape index (κ1) is 15.6. The summed E-state index contributed by atoms with van der Waals surface area (Å²) in [6.07, 6.45) is 5.27. The first-order chi connectivity index (χ1) is 12.6.